The summed E-state index contributed by atoms with van der Waals surface area (Å²) in [6.45, 7) is 1.77. The molecule has 0 saturated carbocycles. The number of amides is 1. The van der Waals surface area contributed by atoms with Crippen molar-refractivity contribution in [2.24, 2.45) is 0 Å². The fourth-order valence-corrected chi connectivity index (χ4v) is 0.729. The number of carbonyl (C=O) groups excluding carboxylic acids is 1. The molecule has 0 unspecified atom stereocenters. The summed E-state index contributed by atoms with van der Waals surface area (Å²) in [6.07, 6.45) is 4.58. The number of rotatable bonds is 3. The highest BCUT2D eigenvalue weighted by Gasteiger charge is 2.09. The molecule has 0 fully saturated rings. The smallest absolute Gasteiger partial charge is 0.242 e. The summed E-state index contributed by atoms with van der Waals surface area (Å²) in [5.41, 5.74) is 0. The summed E-state index contributed by atoms with van der Waals surface area (Å²) in [6, 6.07) is -0.234. The molecule has 1 aromatic rings. The fourth-order valence-electron chi connectivity index (χ4n) is 0.729. The van der Waals surface area contributed by atoms with Gasteiger partial charge in [0.2, 0.25) is 5.91 Å². The molecule has 1 atom stereocenters. The van der Waals surface area contributed by atoms with Crippen molar-refractivity contribution >= 4 is 11.7 Å². The van der Waals surface area contributed by atoms with Gasteiger partial charge in [0.15, 0.2) is 5.82 Å². The number of nitrogens with one attached hydrogen (secondary N) is 2. The molecule has 1 aromatic heterocycles. The van der Waals surface area contributed by atoms with Crippen LogP contribution in [0.5, 0.6) is 0 Å². The van der Waals surface area contributed by atoms with Gasteiger partial charge in [-0.3, -0.25) is 9.78 Å². The van der Waals surface area contributed by atoms with E-state index in [0.29, 0.717) is 5.82 Å². The van der Waals surface area contributed by atoms with E-state index >= 15 is 0 Å². The number of nitrogens with zero attached hydrogens (tertiary/aromatic N) is 2. The van der Waals surface area contributed by atoms with Crippen molar-refractivity contribution in [3.8, 4) is 0 Å². The van der Waals surface area contributed by atoms with Crippen LogP contribution in [0.15, 0.2) is 18.6 Å². The first-order valence-electron chi connectivity index (χ1n) is 3.98. The summed E-state index contributed by atoms with van der Waals surface area (Å²) in [4.78, 5) is 19.0. The van der Waals surface area contributed by atoms with Gasteiger partial charge in [0, 0.05) is 12.4 Å². The van der Waals surface area contributed by atoms with Gasteiger partial charge in [0.05, 0.1) is 12.2 Å². The monoisotopic (exact) mass is 180 g/mol. The predicted octanol–water partition coefficient (Wildman–Crippen LogP) is 0.0230. The van der Waals surface area contributed by atoms with E-state index in [0.717, 1.165) is 0 Å². The van der Waals surface area contributed by atoms with Gasteiger partial charge in [-0.15, -0.1) is 0 Å². The third-order valence-corrected chi connectivity index (χ3v) is 1.64. The second-order valence-corrected chi connectivity index (χ2v) is 2.59. The topological polar surface area (TPSA) is 66.9 Å². The first-order chi connectivity index (χ1) is 6.24. The van der Waals surface area contributed by atoms with Gasteiger partial charge in [-0.05, 0) is 14.0 Å². The Balaban J connectivity index is 2.55. The Morgan fingerprint density at radius 1 is 1.54 bits per heavy atom. The normalized spacial score (nSPS) is 12.2. The Morgan fingerprint density at radius 2 is 2.31 bits per heavy atom. The number of hydrogen-bond acceptors (Lipinski definition) is 4. The van der Waals surface area contributed by atoms with E-state index in [1.54, 1.807) is 20.2 Å². The molecule has 0 spiro atoms. The minimum absolute atomic E-state index is 0.122. The van der Waals surface area contributed by atoms with Crippen molar-refractivity contribution in [2.45, 2.75) is 13.0 Å². The summed E-state index contributed by atoms with van der Waals surface area (Å²) in [5.74, 6) is 0.345. The molecule has 0 saturated heterocycles. The second-order valence-electron chi connectivity index (χ2n) is 2.59. The standard InChI is InChI=1S/C8H12N4O/c1-6(9-2)8(13)12-7-5-10-3-4-11-7/h3-6,9H,1-2H3,(H,11,12,13)/t6-/m0/s1. The van der Waals surface area contributed by atoms with Crippen LogP contribution in [0.3, 0.4) is 0 Å². The third kappa shape index (κ3) is 2.79. The van der Waals surface area contributed by atoms with E-state index in [1.165, 1.54) is 12.4 Å². The highest BCUT2D eigenvalue weighted by atomic mass is 16.2. The van der Waals surface area contributed by atoms with E-state index in [2.05, 4.69) is 20.6 Å². The van der Waals surface area contributed by atoms with Gasteiger partial charge in [0.25, 0.3) is 0 Å². The van der Waals surface area contributed by atoms with Crippen molar-refractivity contribution in [2.75, 3.05) is 12.4 Å². The van der Waals surface area contributed by atoms with E-state index in [1.807, 2.05) is 0 Å². The van der Waals surface area contributed by atoms with Crippen LogP contribution in [0.4, 0.5) is 5.82 Å². The van der Waals surface area contributed by atoms with Crippen LogP contribution in [0.1, 0.15) is 6.92 Å². The molecule has 70 valence electrons. The Bertz CT molecular complexity index is 275. The molecule has 0 aromatic carbocycles. The van der Waals surface area contributed by atoms with Crippen LogP contribution in [0.25, 0.3) is 0 Å². The quantitative estimate of drug-likeness (QED) is 0.688. The second kappa shape index (κ2) is 4.51. The van der Waals surface area contributed by atoms with Gasteiger partial charge in [0.1, 0.15) is 0 Å². The average molecular weight is 180 g/mol. The van der Waals surface area contributed by atoms with Crippen molar-refractivity contribution in [3.05, 3.63) is 18.6 Å². The van der Waals surface area contributed by atoms with Crippen molar-refractivity contribution in [1.29, 1.82) is 0 Å². The zero-order valence-electron chi connectivity index (χ0n) is 7.61. The van der Waals surface area contributed by atoms with Gasteiger partial charge < -0.3 is 10.6 Å². The predicted molar refractivity (Wildman–Crippen MR) is 49.2 cm³/mol. The van der Waals surface area contributed by atoms with E-state index in [4.69, 9.17) is 0 Å². The molecule has 0 radical (unpaired) electrons. The molecule has 0 aliphatic rings. The number of hydrogen-bond donors (Lipinski definition) is 2. The molecular formula is C8H12N4O. The third-order valence-electron chi connectivity index (χ3n) is 1.64. The molecule has 1 rings (SSSR count). The lowest BCUT2D eigenvalue weighted by atomic mass is 10.3. The number of aromatic nitrogens is 2. The van der Waals surface area contributed by atoms with Crippen molar-refractivity contribution in [1.82, 2.24) is 15.3 Å². The zero-order valence-corrected chi connectivity index (χ0v) is 7.61. The lowest BCUT2D eigenvalue weighted by molar-refractivity contribution is -0.117. The molecule has 2 N–H and O–H groups in total. The van der Waals surface area contributed by atoms with E-state index in [9.17, 15) is 4.79 Å². The number of likely N-dealkylation sites (N-methyl/N-ethyl adjacent to an activating group) is 1. The van der Waals surface area contributed by atoms with Crippen LogP contribution in [-0.4, -0.2) is 29.0 Å². The molecule has 0 aliphatic carbocycles. The molecule has 1 amide bonds. The number of carbonyl (C=O) groups is 1. The Kier molecular flexibility index (Phi) is 3.33. The maximum atomic E-state index is 11.3. The first-order valence-corrected chi connectivity index (χ1v) is 3.98. The summed E-state index contributed by atoms with van der Waals surface area (Å²) < 4.78 is 0. The van der Waals surface area contributed by atoms with Crippen LogP contribution < -0.4 is 10.6 Å². The van der Waals surface area contributed by atoms with Crippen LogP contribution in [-0.2, 0) is 4.79 Å². The lowest BCUT2D eigenvalue weighted by Crippen LogP contribution is -2.35. The molecule has 0 bridgehead atoms. The highest BCUT2D eigenvalue weighted by Crippen LogP contribution is 1.97. The minimum atomic E-state index is -0.234. The lowest BCUT2D eigenvalue weighted by Gasteiger charge is -2.09. The van der Waals surface area contributed by atoms with E-state index in [-0.39, 0.29) is 11.9 Å². The maximum Gasteiger partial charge on any atom is 0.242 e. The largest absolute Gasteiger partial charge is 0.309 e. The fraction of sp³-hybridized carbons (Fsp3) is 0.375. The SMILES string of the molecule is CN[C@@H](C)C(=O)Nc1cnccn1. The molecule has 5 nitrogen and oxygen atoms in total. The molecular weight excluding hydrogens is 168 g/mol. The Morgan fingerprint density at radius 3 is 2.85 bits per heavy atom. The van der Waals surface area contributed by atoms with Crippen molar-refractivity contribution in [3.63, 3.8) is 0 Å². The van der Waals surface area contributed by atoms with Crippen LogP contribution in [0.2, 0.25) is 0 Å². The van der Waals surface area contributed by atoms with Gasteiger partial charge in [-0.1, -0.05) is 0 Å². The van der Waals surface area contributed by atoms with Crippen LogP contribution >= 0.6 is 0 Å². The summed E-state index contributed by atoms with van der Waals surface area (Å²) in [7, 11) is 1.72. The minimum Gasteiger partial charge on any atom is -0.309 e. The Labute approximate surface area is 76.6 Å². The van der Waals surface area contributed by atoms with Crippen molar-refractivity contribution < 1.29 is 4.79 Å². The van der Waals surface area contributed by atoms with Gasteiger partial charge >= 0.3 is 0 Å². The average Bonchev–Trinajstić information content (AvgIpc) is 2.18. The van der Waals surface area contributed by atoms with Gasteiger partial charge in [-0.25, -0.2) is 4.98 Å². The maximum absolute atomic E-state index is 11.3. The van der Waals surface area contributed by atoms with Gasteiger partial charge in [-0.2, -0.15) is 0 Å². The molecule has 5 heteroatoms. The van der Waals surface area contributed by atoms with Crippen LogP contribution in [0, 0.1) is 0 Å². The molecule has 13 heavy (non-hydrogen) atoms. The molecule has 1 heterocycles. The Hall–Kier alpha value is -1.49. The highest BCUT2D eigenvalue weighted by molar-refractivity contribution is 5.93. The zero-order chi connectivity index (χ0) is 9.68. The summed E-state index contributed by atoms with van der Waals surface area (Å²) in [5, 5.41) is 5.44. The van der Waals surface area contributed by atoms with E-state index < -0.39 is 0 Å². The first kappa shape index (κ1) is 9.60. The number of anilines is 1. The molecule has 0 aliphatic heterocycles. The summed E-state index contributed by atoms with van der Waals surface area (Å²) >= 11 is 0.